The summed E-state index contributed by atoms with van der Waals surface area (Å²) in [5.41, 5.74) is 2.54. The molecule has 0 bridgehead atoms. The van der Waals surface area contributed by atoms with Gasteiger partial charge in [0, 0.05) is 31.6 Å². The van der Waals surface area contributed by atoms with Crippen LogP contribution in [0.3, 0.4) is 0 Å². The van der Waals surface area contributed by atoms with Crippen LogP contribution in [0.2, 0.25) is 0 Å². The van der Waals surface area contributed by atoms with Crippen LogP contribution in [0.25, 0.3) is 6.08 Å². The fourth-order valence-electron chi connectivity index (χ4n) is 2.25. The van der Waals surface area contributed by atoms with Gasteiger partial charge < -0.3 is 19.4 Å². The molecule has 1 aromatic heterocycles. The van der Waals surface area contributed by atoms with Gasteiger partial charge in [-0.05, 0) is 38.5 Å². The number of rotatable bonds is 8. The zero-order valence-electron chi connectivity index (χ0n) is 14.5. The minimum atomic E-state index is -0.814. The third-order valence-electron chi connectivity index (χ3n) is 3.48. The van der Waals surface area contributed by atoms with E-state index in [1.165, 1.54) is 6.08 Å². The molecule has 0 spiro atoms. The first-order valence-corrected chi connectivity index (χ1v) is 7.65. The number of amides is 1. The molecule has 0 fully saturated rings. The molecule has 24 heavy (non-hydrogen) atoms. The van der Waals surface area contributed by atoms with Crippen LogP contribution in [0.5, 0.6) is 0 Å². The van der Waals surface area contributed by atoms with Crippen molar-refractivity contribution >= 4 is 18.0 Å². The lowest BCUT2D eigenvalue weighted by molar-refractivity contribution is -0.144. The summed E-state index contributed by atoms with van der Waals surface area (Å²) in [7, 11) is 1.63. The summed E-state index contributed by atoms with van der Waals surface area (Å²) in [6.07, 6.45) is 1.48. The van der Waals surface area contributed by atoms with Gasteiger partial charge in [-0.1, -0.05) is 0 Å². The molecule has 0 aliphatic heterocycles. The Kier molecular flexibility index (Phi) is 7.72. The van der Waals surface area contributed by atoms with Crippen LogP contribution in [0.1, 0.15) is 23.9 Å². The van der Waals surface area contributed by atoms with Crippen molar-refractivity contribution in [3.63, 3.8) is 0 Å². The van der Waals surface area contributed by atoms with E-state index in [0.29, 0.717) is 19.7 Å². The van der Waals surface area contributed by atoms with Gasteiger partial charge in [0.05, 0.1) is 6.61 Å². The molecule has 0 saturated heterocycles. The molecule has 1 N–H and O–H groups in total. The number of carbonyl (C=O) groups is 2. The molecule has 1 aromatic rings. The number of aromatic nitrogens is 1. The number of aryl methyl sites for hydroxylation is 1. The molecule has 0 saturated carbocycles. The number of ether oxygens (including phenoxy) is 2. The van der Waals surface area contributed by atoms with Crippen LogP contribution in [0.4, 0.5) is 0 Å². The summed E-state index contributed by atoms with van der Waals surface area (Å²) >= 11 is 0. The molecule has 0 aliphatic carbocycles. The molecule has 1 rings (SSSR count). The Bertz CT molecular complexity index is 668. The van der Waals surface area contributed by atoms with E-state index < -0.39 is 18.5 Å². The number of methoxy groups -OCH3 is 1. The van der Waals surface area contributed by atoms with Gasteiger partial charge in [-0.15, -0.1) is 0 Å². The largest absolute Gasteiger partial charge is 0.451 e. The lowest BCUT2D eigenvalue weighted by atomic mass is 10.1. The number of likely N-dealkylation sites (N-methyl/N-ethyl adjacent to an activating group) is 1. The average Bonchev–Trinajstić information content (AvgIpc) is 2.82. The first-order valence-electron chi connectivity index (χ1n) is 7.65. The molecule has 0 aliphatic rings. The smallest absolute Gasteiger partial charge is 0.349 e. The van der Waals surface area contributed by atoms with Crippen LogP contribution < -0.4 is 5.32 Å². The first kappa shape index (κ1) is 19.5. The molecule has 1 heterocycles. The van der Waals surface area contributed by atoms with E-state index in [0.717, 1.165) is 17.0 Å². The average molecular weight is 333 g/mol. The monoisotopic (exact) mass is 333 g/mol. The minimum absolute atomic E-state index is 0.147. The van der Waals surface area contributed by atoms with E-state index >= 15 is 0 Å². The third kappa shape index (κ3) is 5.25. The maximum Gasteiger partial charge on any atom is 0.349 e. The SMILES string of the molecule is CCNC(=O)COC(=O)/C(C#N)=C/c1cc(C)n(CCOC)c1C. The third-order valence-corrected chi connectivity index (χ3v) is 3.48. The van der Waals surface area contributed by atoms with Crippen molar-refractivity contribution in [3.05, 3.63) is 28.6 Å². The van der Waals surface area contributed by atoms with Crippen molar-refractivity contribution in [2.45, 2.75) is 27.3 Å². The topological polar surface area (TPSA) is 93.4 Å². The molecular formula is C17H23N3O4. The van der Waals surface area contributed by atoms with Crippen molar-refractivity contribution in [3.8, 4) is 6.07 Å². The summed E-state index contributed by atoms with van der Waals surface area (Å²) in [4.78, 5) is 23.3. The predicted molar refractivity (Wildman–Crippen MR) is 89.0 cm³/mol. The van der Waals surface area contributed by atoms with E-state index in [-0.39, 0.29) is 5.57 Å². The van der Waals surface area contributed by atoms with E-state index in [4.69, 9.17) is 9.47 Å². The number of hydrogen-bond donors (Lipinski definition) is 1. The second kappa shape index (κ2) is 9.53. The van der Waals surface area contributed by atoms with Crippen molar-refractivity contribution < 1.29 is 19.1 Å². The van der Waals surface area contributed by atoms with Gasteiger partial charge in [-0.3, -0.25) is 4.79 Å². The van der Waals surface area contributed by atoms with Crippen molar-refractivity contribution in [2.75, 3.05) is 26.9 Å². The fraction of sp³-hybridized carbons (Fsp3) is 0.471. The number of hydrogen-bond acceptors (Lipinski definition) is 5. The second-order valence-corrected chi connectivity index (χ2v) is 5.17. The van der Waals surface area contributed by atoms with Crippen LogP contribution in [-0.2, 0) is 25.6 Å². The highest BCUT2D eigenvalue weighted by Gasteiger charge is 2.15. The number of carbonyl (C=O) groups excluding carboxylic acids is 2. The molecule has 0 aromatic carbocycles. The molecule has 1 amide bonds. The van der Waals surface area contributed by atoms with Crippen LogP contribution >= 0.6 is 0 Å². The Morgan fingerprint density at radius 3 is 2.71 bits per heavy atom. The number of esters is 1. The predicted octanol–water partition coefficient (Wildman–Crippen LogP) is 1.34. The van der Waals surface area contributed by atoms with Crippen molar-refractivity contribution in [1.82, 2.24) is 9.88 Å². The summed E-state index contributed by atoms with van der Waals surface area (Å²) < 4.78 is 12.0. The highest BCUT2D eigenvalue weighted by Crippen LogP contribution is 2.18. The molecule has 7 heteroatoms. The summed E-state index contributed by atoms with van der Waals surface area (Å²) in [6.45, 7) is 6.91. The number of nitriles is 1. The Morgan fingerprint density at radius 1 is 1.42 bits per heavy atom. The van der Waals surface area contributed by atoms with Crippen molar-refractivity contribution in [1.29, 1.82) is 5.26 Å². The normalized spacial score (nSPS) is 11.0. The maximum atomic E-state index is 11.9. The van der Waals surface area contributed by atoms with Crippen LogP contribution in [0.15, 0.2) is 11.6 Å². The number of nitrogens with zero attached hydrogens (tertiary/aromatic N) is 2. The molecule has 0 radical (unpaired) electrons. The highest BCUT2D eigenvalue weighted by atomic mass is 16.5. The quantitative estimate of drug-likeness (QED) is 0.440. The van der Waals surface area contributed by atoms with Gasteiger partial charge in [0.1, 0.15) is 11.6 Å². The Labute approximate surface area is 141 Å². The van der Waals surface area contributed by atoms with Crippen LogP contribution in [0, 0.1) is 25.2 Å². The first-order chi connectivity index (χ1) is 11.4. The Hall–Kier alpha value is -2.59. The Balaban J connectivity index is 2.90. The van der Waals surface area contributed by atoms with Gasteiger partial charge >= 0.3 is 5.97 Å². The van der Waals surface area contributed by atoms with Gasteiger partial charge in [0.15, 0.2) is 6.61 Å². The van der Waals surface area contributed by atoms with Gasteiger partial charge in [0.25, 0.3) is 5.91 Å². The molecular weight excluding hydrogens is 310 g/mol. The van der Waals surface area contributed by atoms with E-state index in [1.54, 1.807) is 14.0 Å². The van der Waals surface area contributed by atoms with E-state index in [1.807, 2.05) is 30.6 Å². The van der Waals surface area contributed by atoms with Gasteiger partial charge in [-0.2, -0.15) is 5.26 Å². The zero-order valence-corrected chi connectivity index (χ0v) is 14.5. The molecule has 0 unspecified atom stereocenters. The van der Waals surface area contributed by atoms with E-state index in [2.05, 4.69) is 5.32 Å². The second-order valence-electron chi connectivity index (χ2n) is 5.17. The number of nitrogens with one attached hydrogen (secondary N) is 1. The molecule has 130 valence electrons. The lowest BCUT2D eigenvalue weighted by Crippen LogP contribution is -2.28. The Morgan fingerprint density at radius 2 is 2.12 bits per heavy atom. The lowest BCUT2D eigenvalue weighted by Gasteiger charge is -2.08. The summed E-state index contributed by atoms with van der Waals surface area (Å²) in [5.74, 6) is -1.22. The molecule has 7 nitrogen and oxygen atoms in total. The fourth-order valence-corrected chi connectivity index (χ4v) is 2.25. The highest BCUT2D eigenvalue weighted by molar-refractivity contribution is 5.99. The molecule has 0 atom stereocenters. The van der Waals surface area contributed by atoms with Crippen LogP contribution in [-0.4, -0.2) is 43.3 Å². The minimum Gasteiger partial charge on any atom is -0.451 e. The maximum absolute atomic E-state index is 11.9. The standard InChI is InChI=1S/C17H23N3O4/c1-5-19-16(21)11-24-17(22)15(10-18)9-14-8-12(2)20(13(14)3)6-7-23-4/h8-9H,5-7,11H2,1-4H3,(H,19,21)/b15-9+. The zero-order chi connectivity index (χ0) is 18.1. The van der Waals surface area contributed by atoms with Gasteiger partial charge in [-0.25, -0.2) is 4.79 Å². The van der Waals surface area contributed by atoms with E-state index in [9.17, 15) is 14.9 Å². The van der Waals surface area contributed by atoms with Crippen molar-refractivity contribution in [2.24, 2.45) is 0 Å². The summed E-state index contributed by atoms with van der Waals surface area (Å²) in [5, 5.41) is 11.7. The van der Waals surface area contributed by atoms with Gasteiger partial charge in [0.2, 0.25) is 0 Å². The summed E-state index contributed by atoms with van der Waals surface area (Å²) in [6, 6.07) is 3.71.